The molecule has 1 heterocycles. The van der Waals surface area contributed by atoms with Gasteiger partial charge in [0.15, 0.2) is 5.58 Å². The minimum Gasteiger partial charge on any atom is -0.431 e. The number of oxazole rings is 1. The van der Waals surface area contributed by atoms with Gasteiger partial charge in [-0.05, 0) is 18.2 Å². The van der Waals surface area contributed by atoms with Crippen LogP contribution in [0.1, 0.15) is 0 Å². The lowest BCUT2D eigenvalue weighted by Crippen LogP contribution is -2.14. The van der Waals surface area contributed by atoms with Crippen LogP contribution in [0, 0.1) is 0 Å². The number of nitrogen functional groups attached to an aromatic ring is 1. The molecule has 0 amide bonds. The molecule has 16 heavy (non-hydrogen) atoms. The molecule has 0 fully saturated rings. The van der Waals surface area contributed by atoms with Crippen LogP contribution in [0.4, 0.5) is 5.69 Å². The number of thioether (sulfide) groups is 1. The first-order valence-corrected chi connectivity index (χ1v) is 5.75. The minimum atomic E-state index is -0.759. The Hall–Kier alpha value is -1.24. The molecule has 6 heteroatoms. The molecule has 2 aromatic rings. The minimum absolute atomic E-state index is 0.264. The van der Waals surface area contributed by atoms with Crippen molar-refractivity contribution in [1.29, 1.82) is 0 Å². The lowest BCUT2D eigenvalue weighted by Gasteiger charge is -2.02. The van der Waals surface area contributed by atoms with E-state index >= 15 is 0 Å². The Balaban J connectivity index is 2.13. The van der Waals surface area contributed by atoms with E-state index in [2.05, 4.69) is 4.98 Å². The Labute approximate surface area is 96.3 Å². The van der Waals surface area contributed by atoms with Gasteiger partial charge in [0.1, 0.15) is 5.52 Å². The molecule has 5 nitrogen and oxygen atoms in total. The van der Waals surface area contributed by atoms with Gasteiger partial charge in [0.05, 0.1) is 12.7 Å². The molecule has 2 rings (SSSR count). The summed E-state index contributed by atoms with van der Waals surface area (Å²) in [4.78, 5) is 4.20. The standard InChI is InChI=1S/C10H12N2O3S/c11-6-1-2-9-8(3-6)12-10(15-9)16-5-7(14)4-13/h1-3,7,13-14H,4-5,11H2. The second kappa shape index (κ2) is 4.73. The number of aromatic nitrogens is 1. The van der Waals surface area contributed by atoms with Crippen molar-refractivity contribution in [3.05, 3.63) is 18.2 Å². The summed E-state index contributed by atoms with van der Waals surface area (Å²) in [7, 11) is 0. The first-order valence-electron chi connectivity index (χ1n) is 4.77. The van der Waals surface area contributed by atoms with Crippen molar-refractivity contribution in [3.8, 4) is 0 Å². The predicted molar refractivity (Wildman–Crippen MR) is 62.2 cm³/mol. The number of hydrogen-bond donors (Lipinski definition) is 3. The van der Waals surface area contributed by atoms with Gasteiger partial charge in [-0.2, -0.15) is 0 Å². The zero-order chi connectivity index (χ0) is 11.5. The molecule has 0 spiro atoms. The zero-order valence-corrected chi connectivity index (χ0v) is 9.28. The number of rotatable bonds is 4. The summed E-state index contributed by atoms with van der Waals surface area (Å²) in [6, 6.07) is 5.22. The highest BCUT2D eigenvalue weighted by molar-refractivity contribution is 7.99. The number of aliphatic hydroxyl groups excluding tert-OH is 2. The Morgan fingerprint density at radius 2 is 2.31 bits per heavy atom. The van der Waals surface area contributed by atoms with Crippen LogP contribution in [0.2, 0.25) is 0 Å². The van der Waals surface area contributed by atoms with Gasteiger partial charge in [-0.25, -0.2) is 4.98 Å². The number of aliphatic hydroxyl groups is 2. The van der Waals surface area contributed by atoms with Crippen LogP contribution in [0.3, 0.4) is 0 Å². The highest BCUT2D eigenvalue weighted by atomic mass is 32.2. The second-order valence-corrected chi connectivity index (χ2v) is 4.33. The fourth-order valence-corrected chi connectivity index (χ4v) is 1.96. The van der Waals surface area contributed by atoms with Crippen LogP contribution in [0.15, 0.2) is 27.8 Å². The molecule has 1 atom stereocenters. The molecule has 0 aliphatic carbocycles. The maximum atomic E-state index is 9.18. The highest BCUT2D eigenvalue weighted by Crippen LogP contribution is 2.25. The van der Waals surface area contributed by atoms with Crippen molar-refractivity contribution >= 4 is 28.5 Å². The maximum Gasteiger partial charge on any atom is 0.256 e. The molecular weight excluding hydrogens is 228 g/mol. The molecule has 1 aromatic carbocycles. The molecule has 0 aliphatic rings. The van der Waals surface area contributed by atoms with Crippen molar-refractivity contribution in [3.63, 3.8) is 0 Å². The Bertz CT molecular complexity index is 486. The molecule has 1 unspecified atom stereocenters. The summed E-state index contributed by atoms with van der Waals surface area (Å²) in [5, 5.41) is 18.3. The van der Waals surface area contributed by atoms with Gasteiger partial charge < -0.3 is 20.4 Å². The topological polar surface area (TPSA) is 92.5 Å². The van der Waals surface area contributed by atoms with E-state index in [1.54, 1.807) is 18.2 Å². The van der Waals surface area contributed by atoms with Crippen molar-refractivity contribution in [2.45, 2.75) is 11.3 Å². The van der Waals surface area contributed by atoms with Gasteiger partial charge in [0.2, 0.25) is 0 Å². The fraction of sp³-hybridized carbons (Fsp3) is 0.300. The van der Waals surface area contributed by atoms with E-state index in [4.69, 9.17) is 15.3 Å². The second-order valence-electron chi connectivity index (χ2n) is 3.35. The monoisotopic (exact) mass is 240 g/mol. The normalized spacial score (nSPS) is 13.1. The quantitative estimate of drug-likeness (QED) is 0.542. The smallest absolute Gasteiger partial charge is 0.256 e. The van der Waals surface area contributed by atoms with Gasteiger partial charge >= 0.3 is 0 Å². The Kier molecular flexibility index (Phi) is 3.33. The molecule has 86 valence electrons. The van der Waals surface area contributed by atoms with Gasteiger partial charge in [-0.1, -0.05) is 11.8 Å². The summed E-state index contributed by atoms with van der Waals surface area (Å²) in [5.74, 6) is 0.346. The summed E-state index contributed by atoms with van der Waals surface area (Å²) in [5.41, 5.74) is 7.61. The SMILES string of the molecule is Nc1ccc2oc(SCC(O)CO)nc2c1. The molecule has 0 saturated carbocycles. The number of hydrogen-bond acceptors (Lipinski definition) is 6. The van der Waals surface area contributed by atoms with E-state index < -0.39 is 6.10 Å². The first kappa shape index (κ1) is 11.3. The molecular formula is C10H12N2O3S. The average molecular weight is 240 g/mol. The lowest BCUT2D eigenvalue weighted by atomic mass is 10.3. The van der Waals surface area contributed by atoms with Crippen LogP contribution in [0.5, 0.6) is 0 Å². The van der Waals surface area contributed by atoms with E-state index in [1.807, 2.05) is 0 Å². The zero-order valence-electron chi connectivity index (χ0n) is 8.46. The van der Waals surface area contributed by atoms with Crippen LogP contribution >= 0.6 is 11.8 Å². The van der Waals surface area contributed by atoms with Gasteiger partial charge in [0.25, 0.3) is 5.22 Å². The molecule has 0 radical (unpaired) electrons. The third-order valence-corrected chi connectivity index (χ3v) is 2.97. The van der Waals surface area contributed by atoms with Gasteiger partial charge in [-0.15, -0.1) is 0 Å². The maximum absolute atomic E-state index is 9.18. The van der Waals surface area contributed by atoms with Crippen LogP contribution in [-0.2, 0) is 0 Å². The third kappa shape index (κ3) is 2.46. The Morgan fingerprint density at radius 3 is 3.06 bits per heavy atom. The number of benzene rings is 1. The van der Waals surface area contributed by atoms with E-state index in [0.29, 0.717) is 27.8 Å². The summed E-state index contributed by atoms with van der Waals surface area (Å²) in [6.45, 7) is -0.264. The summed E-state index contributed by atoms with van der Waals surface area (Å²) < 4.78 is 5.42. The summed E-state index contributed by atoms with van der Waals surface area (Å²) >= 11 is 1.26. The van der Waals surface area contributed by atoms with Gasteiger partial charge in [0, 0.05) is 11.4 Å². The van der Waals surface area contributed by atoms with Crippen LogP contribution in [-0.4, -0.2) is 33.7 Å². The molecule has 0 saturated heterocycles. The van der Waals surface area contributed by atoms with Crippen molar-refractivity contribution in [2.24, 2.45) is 0 Å². The Morgan fingerprint density at radius 1 is 1.50 bits per heavy atom. The largest absolute Gasteiger partial charge is 0.431 e. The van der Waals surface area contributed by atoms with Crippen molar-refractivity contribution in [1.82, 2.24) is 4.98 Å². The molecule has 4 N–H and O–H groups in total. The first-order chi connectivity index (χ1) is 7.69. The predicted octanol–water partition coefficient (Wildman–Crippen LogP) is 0.855. The number of nitrogens with two attached hydrogens (primary N) is 1. The van der Waals surface area contributed by atoms with E-state index in [0.717, 1.165) is 0 Å². The van der Waals surface area contributed by atoms with E-state index in [9.17, 15) is 5.11 Å². The highest BCUT2D eigenvalue weighted by Gasteiger charge is 2.09. The number of nitrogens with zero attached hydrogens (tertiary/aromatic N) is 1. The average Bonchev–Trinajstić information content (AvgIpc) is 2.67. The fourth-order valence-electron chi connectivity index (χ4n) is 1.21. The lowest BCUT2D eigenvalue weighted by molar-refractivity contribution is 0.113. The third-order valence-electron chi connectivity index (χ3n) is 2.00. The van der Waals surface area contributed by atoms with Crippen LogP contribution < -0.4 is 5.73 Å². The van der Waals surface area contributed by atoms with Gasteiger partial charge in [-0.3, -0.25) is 0 Å². The molecule has 1 aromatic heterocycles. The van der Waals surface area contributed by atoms with Crippen LogP contribution in [0.25, 0.3) is 11.1 Å². The number of anilines is 1. The van der Waals surface area contributed by atoms with Crippen molar-refractivity contribution in [2.75, 3.05) is 18.1 Å². The van der Waals surface area contributed by atoms with Crippen molar-refractivity contribution < 1.29 is 14.6 Å². The number of fused-ring (bicyclic) bond motifs is 1. The van der Waals surface area contributed by atoms with E-state index in [-0.39, 0.29) is 6.61 Å². The molecule has 0 aliphatic heterocycles. The van der Waals surface area contributed by atoms with E-state index in [1.165, 1.54) is 11.8 Å². The molecule has 0 bridgehead atoms. The summed E-state index contributed by atoms with van der Waals surface area (Å²) in [6.07, 6.45) is -0.759.